The summed E-state index contributed by atoms with van der Waals surface area (Å²) >= 11 is 0. The van der Waals surface area contributed by atoms with Crippen LogP contribution >= 0.6 is 0 Å². The molecule has 19 heavy (non-hydrogen) atoms. The van der Waals surface area contributed by atoms with E-state index in [9.17, 15) is 4.79 Å². The van der Waals surface area contributed by atoms with Gasteiger partial charge in [-0.3, -0.25) is 9.78 Å². The number of carbonyl (C=O) groups excluding carboxylic acids is 1. The number of pyridine rings is 1. The van der Waals surface area contributed by atoms with Gasteiger partial charge in [0.15, 0.2) is 5.69 Å². The Morgan fingerprint density at radius 3 is 2.84 bits per heavy atom. The first-order valence-electron chi connectivity index (χ1n) is 6.41. The summed E-state index contributed by atoms with van der Waals surface area (Å²) in [5, 5.41) is 6.72. The van der Waals surface area contributed by atoms with Crippen LogP contribution in [-0.2, 0) is 0 Å². The van der Waals surface area contributed by atoms with Crippen molar-refractivity contribution in [3.05, 3.63) is 47.6 Å². The lowest BCUT2D eigenvalue weighted by atomic mass is 10.1. The lowest BCUT2D eigenvalue weighted by Gasteiger charge is -2.12. The van der Waals surface area contributed by atoms with Crippen molar-refractivity contribution >= 4 is 5.91 Å². The van der Waals surface area contributed by atoms with E-state index in [0.29, 0.717) is 11.6 Å². The Morgan fingerprint density at radius 2 is 2.16 bits per heavy atom. The highest BCUT2D eigenvalue weighted by Crippen LogP contribution is 2.40. The lowest BCUT2D eigenvalue weighted by molar-refractivity contribution is 0.0930. The third kappa shape index (κ3) is 2.65. The summed E-state index contributed by atoms with van der Waals surface area (Å²) in [5.74, 6) is 1.08. The summed E-state index contributed by atoms with van der Waals surface area (Å²) in [6.45, 7) is 1.93. The van der Waals surface area contributed by atoms with E-state index in [2.05, 4.69) is 15.5 Å². The number of rotatable bonds is 4. The molecule has 0 aliphatic heterocycles. The van der Waals surface area contributed by atoms with Gasteiger partial charge in [0, 0.05) is 24.4 Å². The zero-order chi connectivity index (χ0) is 13.2. The minimum atomic E-state index is -0.208. The number of nitrogens with zero attached hydrogens (tertiary/aromatic N) is 2. The van der Waals surface area contributed by atoms with E-state index in [0.717, 1.165) is 24.2 Å². The summed E-state index contributed by atoms with van der Waals surface area (Å²) in [4.78, 5) is 16.0. The van der Waals surface area contributed by atoms with Gasteiger partial charge in [-0.2, -0.15) is 0 Å². The fraction of sp³-hybridized carbons (Fsp3) is 0.357. The van der Waals surface area contributed by atoms with Gasteiger partial charge in [-0.1, -0.05) is 5.16 Å². The SMILES string of the molecule is C[C@@H](NC(=O)c1cc(C2CC2)on1)c1ccncc1. The first-order valence-corrected chi connectivity index (χ1v) is 6.41. The van der Waals surface area contributed by atoms with E-state index in [1.807, 2.05) is 19.1 Å². The Labute approximate surface area is 111 Å². The van der Waals surface area contributed by atoms with Gasteiger partial charge < -0.3 is 9.84 Å². The third-order valence-electron chi connectivity index (χ3n) is 3.29. The predicted molar refractivity (Wildman–Crippen MR) is 68.6 cm³/mol. The van der Waals surface area contributed by atoms with Crippen molar-refractivity contribution in [1.29, 1.82) is 0 Å². The van der Waals surface area contributed by atoms with Crippen molar-refractivity contribution in [2.45, 2.75) is 31.7 Å². The fourth-order valence-electron chi connectivity index (χ4n) is 1.96. The zero-order valence-corrected chi connectivity index (χ0v) is 10.7. The van der Waals surface area contributed by atoms with Crippen molar-refractivity contribution in [3.8, 4) is 0 Å². The monoisotopic (exact) mass is 257 g/mol. The molecule has 1 fully saturated rings. The van der Waals surface area contributed by atoms with Gasteiger partial charge in [0.2, 0.25) is 0 Å². The van der Waals surface area contributed by atoms with Crippen LogP contribution in [0.3, 0.4) is 0 Å². The highest BCUT2D eigenvalue weighted by atomic mass is 16.5. The molecule has 1 saturated carbocycles. The first kappa shape index (κ1) is 11.9. The maximum absolute atomic E-state index is 12.0. The summed E-state index contributed by atoms with van der Waals surface area (Å²) in [5.41, 5.74) is 1.36. The van der Waals surface area contributed by atoms with E-state index in [4.69, 9.17) is 4.52 Å². The maximum Gasteiger partial charge on any atom is 0.273 e. The molecule has 1 aliphatic carbocycles. The molecule has 98 valence electrons. The number of hydrogen-bond acceptors (Lipinski definition) is 4. The highest BCUT2D eigenvalue weighted by Gasteiger charge is 2.29. The second-order valence-corrected chi connectivity index (χ2v) is 4.86. The molecule has 2 aromatic rings. The number of amides is 1. The fourth-order valence-corrected chi connectivity index (χ4v) is 1.96. The summed E-state index contributed by atoms with van der Waals surface area (Å²) < 4.78 is 5.18. The molecule has 2 aromatic heterocycles. The molecule has 1 aliphatic rings. The molecule has 5 nitrogen and oxygen atoms in total. The standard InChI is InChI=1S/C14H15N3O2/c1-9(10-4-6-15-7-5-10)16-14(18)12-8-13(19-17-12)11-2-3-11/h4-9,11H,2-3H2,1H3,(H,16,18)/t9-/m1/s1. The van der Waals surface area contributed by atoms with E-state index in [1.165, 1.54) is 0 Å². The highest BCUT2D eigenvalue weighted by molar-refractivity contribution is 5.92. The van der Waals surface area contributed by atoms with E-state index in [1.54, 1.807) is 18.5 Å². The minimum Gasteiger partial charge on any atom is -0.360 e. The second-order valence-electron chi connectivity index (χ2n) is 4.86. The quantitative estimate of drug-likeness (QED) is 0.913. The first-order chi connectivity index (χ1) is 9.24. The Kier molecular flexibility index (Phi) is 3.03. The average Bonchev–Trinajstić information content (AvgIpc) is 3.17. The number of aromatic nitrogens is 2. The van der Waals surface area contributed by atoms with Gasteiger partial charge >= 0.3 is 0 Å². The van der Waals surface area contributed by atoms with Crippen molar-refractivity contribution < 1.29 is 9.32 Å². The molecule has 1 amide bonds. The lowest BCUT2D eigenvalue weighted by Crippen LogP contribution is -2.26. The van der Waals surface area contributed by atoms with Crippen molar-refractivity contribution in [2.24, 2.45) is 0 Å². The molecule has 0 bridgehead atoms. The molecule has 3 rings (SSSR count). The number of nitrogens with one attached hydrogen (secondary N) is 1. The molecule has 0 unspecified atom stereocenters. The van der Waals surface area contributed by atoms with Gasteiger partial charge in [-0.15, -0.1) is 0 Å². The van der Waals surface area contributed by atoms with Crippen LogP contribution in [-0.4, -0.2) is 16.0 Å². The van der Waals surface area contributed by atoms with Crippen LogP contribution in [0.15, 0.2) is 35.1 Å². The van der Waals surface area contributed by atoms with Crippen LogP contribution in [0.25, 0.3) is 0 Å². The van der Waals surface area contributed by atoms with Crippen molar-refractivity contribution in [3.63, 3.8) is 0 Å². The van der Waals surface area contributed by atoms with Crippen LogP contribution in [0.4, 0.5) is 0 Å². The molecule has 0 saturated heterocycles. The normalized spacial score (nSPS) is 16.1. The maximum atomic E-state index is 12.0. The smallest absolute Gasteiger partial charge is 0.273 e. The van der Waals surface area contributed by atoms with Gasteiger partial charge in [0.25, 0.3) is 5.91 Å². The average molecular weight is 257 g/mol. The molecule has 2 heterocycles. The van der Waals surface area contributed by atoms with E-state index >= 15 is 0 Å². The second kappa shape index (κ2) is 4.84. The summed E-state index contributed by atoms with van der Waals surface area (Å²) in [6.07, 6.45) is 5.67. The van der Waals surface area contributed by atoms with Crippen molar-refractivity contribution in [2.75, 3.05) is 0 Å². The molecular weight excluding hydrogens is 242 g/mol. The van der Waals surface area contributed by atoms with Gasteiger partial charge in [0.1, 0.15) is 5.76 Å². The Hall–Kier alpha value is -2.17. The number of carbonyl (C=O) groups is 1. The van der Waals surface area contributed by atoms with Gasteiger partial charge in [-0.25, -0.2) is 0 Å². The molecular formula is C14H15N3O2. The van der Waals surface area contributed by atoms with Crippen LogP contribution < -0.4 is 5.32 Å². The Bertz CT molecular complexity index is 575. The predicted octanol–water partition coefficient (Wildman–Crippen LogP) is 2.44. The van der Waals surface area contributed by atoms with E-state index in [-0.39, 0.29) is 11.9 Å². The Balaban J connectivity index is 1.66. The van der Waals surface area contributed by atoms with Crippen LogP contribution in [0.2, 0.25) is 0 Å². The number of hydrogen-bond donors (Lipinski definition) is 1. The zero-order valence-electron chi connectivity index (χ0n) is 10.7. The summed E-state index contributed by atoms with van der Waals surface area (Å²) in [7, 11) is 0. The van der Waals surface area contributed by atoms with Crippen molar-refractivity contribution in [1.82, 2.24) is 15.5 Å². The van der Waals surface area contributed by atoms with Crippen LogP contribution in [0, 0.1) is 0 Å². The molecule has 1 atom stereocenters. The minimum absolute atomic E-state index is 0.0865. The largest absolute Gasteiger partial charge is 0.360 e. The van der Waals surface area contributed by atoms with Gasteiger partial charge in [-0.05, 0) is 37.5 Å². The van der Waals surface area contributed by atoms with E-state index < -0.39 is 0 Å². The Morgan fingerprint density at radius 1 is 1.42 bits per heavy atom. The topological polar surface area (TPSA) is 68.0 Å². The third-order valence-corrected chi connectivity index (χ3v) is 3.29. The molecule has 0 spiro atoms. The van der Waals surface area contributed by atoms with Gasteiger partial charge in [0.05, 0.1) is 6.04 Å². The van der Waals surface area contributed by atoms with Crippen LogP contribution in [0.5, 0.6) is 0 Å². The molecule has 0 aromatic carbocycles. The van der Waals surface area contributed by atoms with Crippen LogP contribution in [0.1, 0.15) is 53.5 Å². The molecule has 1 N–H and O–H groups in total. The molecule has 0 radical (unpaired) electrons. The molecule has 5 heteroatoms. The summed E-state index contributed by atoms with van der Waals surface area (Å²) in [6, 6.07) is 5.41.